The molecule has 5 nitrogen and oxygen atoms in total. The molecule has 19 heavy (non-hydrogen) atoms. The van der Waals surface area contributed by atoms with Crippen molar-refractivity contribution in [2.24, 2.45) is 0 Å². The molecule has 0 amide bonds. The number of ether oxygens (including phenoxy) is 1. The van der Waals surface area contributed by atoms with Crippen LogP contribution in [0.5, 0.6) is 0 Å². The van der Waals surface area contributed by atoms with E-state index in [2.05, 4.69) is 11.8 Å². The van der Waals surface area contributed by atoms with E-state index in [1.807, 2.05) is 0 Å². The summed E-state index contributed by atoms with van der Waals surface area (Å²) in [5.41, 5.74) is 6.34. The van der Waals surface area contributed by atoms with E-state index in [1.54, 1.807) is 16.8 Å². The quantitative estimate of drug-likeness (QED) is 0.860. The van der Waals surface area contributed by atoms with E-state index in [0.29, 0.717) is 11.8 Å². The highest BCUT2D eigenvalue weighted by molar-refractivity contribution is 5.33. The number of aromatic nitrogens is 1. The highest BCUT2D eigenvalue weighted by atomic mass is 16.5. The highest BCUT2D eigenvalue weighted by Crippen LogP contribution is 2.08. The standard InChI is InChI=1S/C14H23N3O2/c1-2-13-11-16(8-9-19-13)6-3-7-17-10-12(15)4-5-14(17)18/h4-5,10,13H,2-3,6-9,11,15H2,1H3. The van der Waals surface area contributed by atoms with Crippen molar-refractivity contribution in [3.63, 3.8) is 0 Å². The minimum Gasteiger partial charge on any atom is -0.398 e. The van der Waals surface area contributed by atoms with Crippen LogP contribution in [0.3, 0.4) is 0 Å². The number of hydrogen-bond acceptors (Lipinski definition) is 4. The first kappa shape index (κ1) is 14.1. The molecule has 0 aliphatic carbocycles. The monoisotopic (exact) mass is 265 g/mol. The second-order valence-corrected chi connectivity index (χ2v) is 5.05. The zero-order valence-electron chi connectivity index (χ0n) is 11.5. The van der Waals surface area contributed by atoms with Gasteiger partial charge in [0, 0.05) is 44.1 Å². The molecule has 2 rings (SSSR count). The van der Waals surface area contributed by atoms with Gasteiger partial charge in [0.2, 0.25) is 0 Å². The molecule has 1 aliphatic heterocycles. The molecule has 2 heterocycles. The fraction of sp³-hybridized carbons (Fsp3) is 0.643. The maximum absolute atomic E-state index is 11.6. The lowest BCUT2D eigenvalue weighted by atomic mass is 10.2. The summed E-state index contributed by atoms with van der Waals surface area (Å²) in [4.78, 5) is 14.0. The van der Waals surface area contributed by atoms with E-state index >= 15 is 0 Å². The number of nitrogens with two attached hydrogens (primary N) is 1. The van der Waals surface area contributed by atoms with Gasteiger partial charge in [-0.3, -0.25) is 9.69 Å². The zero-order chi connectivity index (χ0) is 13.7. The largest absolute Gasteiger partial charge is 0.398 e. The van der Waals surface area contributed by atoms with Gasteiger partial charge in [-0.2, -0.15) is 0 Å². The number of pyridine rings is 1. The molecule has 106 valence electrons. The van der Waals surface area contributed by atoms with Crippen LogP contribution in [-0.2, 0) is 11.3 Å². The van der Waals surface area contributed by atoms with Crippen LogP contribution in [0.1, 0.15) is 19.8 Å². The first-order chi connectivity index (χ1) is 9.19. The lowest BCUT2D eigenvalue weighted by Gasteiger charge is -2.32. The highest BCUT2D eigenvalue weighted by Gasteiger charge is 2.18. The van der Waals surface area contributed by atoms with Gasteiger partial charge >= 0.3 is 0 Å². The van der Waals surface area contributed by atoms with E-state index in [0.717, 1.165) is 45.6 Å². The molecule has 0 saturated carbocycles. The van der Waals surface area contributed by atoms with Gasteiger partial charge in [0.25, 0.3) is 5.56 Å². The maximum atomic E-state index is 11.6. The molecule has 1 atom stereocenters. The summed E-state index contributed by atoms with van der Waals surface area (Å²) in [6.07, 6.45) is 4.10. The normalized spacial score (nSPS) is 20.6. The average molecular weight is 265 g/mol. The first-order valence-corrected chi connectivity index (χ1v) is 6.99. The molecule has 2 N–H and O–H groups in total. The van der Waals surface area contributed by atoms with E-state index in [9.17, 15) is 4.79 Å². The summed E-state index contributed by atoms with van der Waals surface area (Å²) in [5.74, 6) is 0. The lowest BCUT2D eigenvalue weighted by Crippen LogP contribution is -2.42. The molecule has 1 aromatic heterocycles. The number of rotatable bonds is 5. The Morgan fingerprint density at radius 3 is 3.05 bits per heavy atom. The predicted molar refractivity (Wildman–Crippen MR) is 76.2 cm³/mol. The van der Waals surface area contributed by atoms with Crippen molar-refractivity contribution < 1.29 is 4.74 Å². The first-order valence-electron chi connectivity index (χ1n) is 6.99. The summed E-state index contributed by atoms with van der Waals surface area (Å²) >= 11 is 0. The molecule has 1 unspecified atom stereocenters. The Kier molecular flexibility index (Phi) is 4.99. The van der Waals surface area contributed by atoms with Crippen molar-refractivity contribution in [3.05, 3.63) is 28.7 Å². The SMILES string of the molecule is CCC1CN(CCCn2cc(N)ccc2=O)CCO1. The summed E-state index contributed by atoms with van der Waals surface area (Å²) < 4.78 is 7.33. The molecule has 1 aromatic rings. The molecule has 1 saturated heterocycles. The van der Waals surface area contributed by atoms with Gasteiger partial charge in [-0.15, -0.1) is 0 Å². The van der Waals surface area contributed by atoms with Crippen molar-refractivity contribution in [2.75, 3.05) is 32.0 Å². The Bertz CT molecular complexity index is 458. The molecule has 0 aromatic carbocycles. The van der Waals surface area contributed by atoms with Gasteiger partial charge in [0.15, 0.2) is 0 Å². The summed E-state index contributed by atoms with van der Waals surface area (Å²) in [7, 11) is 0. The minimum absolute atomic E-state index is 0.0163. The summed E-state index contributed by atoms with van der Waals surface area (Å²) in [6, 6.07) is 3.17. The lowest BCUT2D eigenvalue weighted by molar-refractivity contribution is -0.0301. The van der Waals surface area contributed by atoms with Crippen molar-refractivity contribution in [1.29, 1.82) is 0 Å². The molecular formula is C14H23N3O2. The van der Waals surface area contributed by atoms with Gasteiger partial charge in [0.1, 0.15) is 0 Å². The van der Waals surface area contributed by atoms with Crippen LogP contribution in [0.25, 0.3) is 0 Å². The number of hydrogen-bond donors (Lipinski definition) is 1. The van der Waals surface area contributed by atoms with E-state index < -0.39 is 0 Å². The minimum atomic E-state index is 0.0163. The second kappa shape index (κ2) is 6.73. The van der Waals surface area contributed by atoms with E-state index in [1.165, 1.54) is 6.07 Å². The Hall–Kier alpha value is -1.33. The van der Waals surface area contributed by atoms with Gasteiger partial charge < -0.3 is 15.0 Å². The number of nitrogens with zero attached hydrogens (tertiary/aromatic N) is 2. The van der Waals surface area contributed by atoms with Crippen molar-refractivity contribution in [1.82, 2.24) is 9.47 Å². The van der Waals surface area contributed by atoms with Crippen LogP contribution in [0.15, 0.2) is 23.1 Å². The van der Waals surface area contributed by atoms with Crippen LogP contribution < -0.4 is 11.3 Å². The third-order valence-corrected chi connectivity index (χ3v) is 3.56. The Morgan fingerprint density at radius 1 is 1.42 bits per heavy atom. The Balaban J connectivity index is 1.80. The average Bonchev–Trinajstić information content (AvgIpc) is 2.43. The summed E-state index contributed by atoms with van der Waals surface area (Å²) in [6.45, 7) is 6.68. The molecule has 0 spiro atoms. The summed E-state index contributed by atoms with van der Waals surface area (Å²) in [5, 5.41) is 0. The molecule has 0 bridgehead atoms. The molecule has 0 radical (unpaired) electrons. The van der Waals surface area contributed by atoms with Crippen LogP contribution >= 0.6 is 0 Å². The fourth-order valence-corrected chi connectivity index (χ4v) is 2.42. The maximum Gasteiger partial charge on any atom is 0.250 e. The van der Waals surface area contributed by atoms with Crippen molar-refractivity contribution >= 4 is 5.69 Å². The third-order valence-electron chi connectivity index (χ3n) is 3.56. The van der Waals surface area contributed by atoms with Crippen molar-refractivity contribution in [3.8, 4) is 0 Å². The van der Waals surface area contributed by atoms with Crippen LogP contribution in [0.4, 0.5) is 5.69 Å². The number of anilines is 1. The Labute approximate surface area is 114 Å². The Morgan fingerprint density at radius 2 is 2.26 bits per heavy atom. The third kappa shape index (κ3) is 4.08. The zero-order valence-corrected chi connectivity index (χ0v) is 11.5. The van der Waals surface area contributed by atoms with Crippen LogP contribution in [-0.4, -0.2) is 41.8 Å². The molecule has 1 fully saturated rings. The smallest absolute Gasteiger partial charge is 0.250 e. The van der Waals surface area contributed by atoms with Gasteiger partial charge in [-0.25, -0.2) is 0 Å². The van der Waals surface area contributed by atoms with Gasteiger partial charge in [0.05, 0.1) is 12.7 Å². The van der Waals surface area contributed by atoms with Crippen LogP contribution in [0.2, 0.25) is 0 Å². The van der Waals surface area contributed by atoms with Gasteiger partial charge in [-0.05, 0) is 18.9 Å². The molecule has 1 aliphatic rings. The fourth-order valence-electron chi connectivity index (χ4n) is 2.42. The van der Waals surface area contributed by atoms with Crippen molar-refractivity contribution in [2.45, 2.75) is 32.4 Å². The van der Waals surface area contributed by atoms with Crippen LogP contribution in [0, 0.1) is 0 Å². The predicted octanol–water partition coefficient (Wildman–Crippen LogP) is 0.931. The van der Waals surface area contributed by atoms with E-state index in [-0.39, 0.29) is 5.56 Å². The number of aryl methyl sites for hydroxylation is 1. The number of morpholine rings is 1. The second-order valence-electron chi connectivity index (χ2n) is 5.05. The number of nitrogen functional groups attached to an aromatic ring is 1. The van der Waals surface area contributed by atoms with Gasteiger partial charge in [-0.1, -0.05) is 6.92 Å². The topological polar surface area (TPSA) is 60.5 Å². The van der Waals surface area contributed by atoms with E-state index in [4.69, 9.17) is 10.5 Å². The molecule has 5 heteroatoms. The molecular weight excluding hydrogens is 242 g/mol.